The Balaban J connectivity index is 1.14. The molecule has 4 heterocycles. The quantitative estimate of drug-likeness (QED) is 0.0165. The maximum absolute atomic E-state index is 16.1. The Kier molecular flexibility index (Phi) is 35.7. The van der Waals surface area contributed by atoms with Crippen LogP contribution < -0.4 is 0 Å². The average Bonchev–Trinajstić information content (AvgIpc) is 0.817. The molecule has 0 radical (unpaired) electrons. The van der Waals surface area contributed by atoms with Gasteiger partial charge in [0.1, 0.15) is 0 Å². The molecule has 5 aromatic carbocycles. The SMILES string of the molecule is CCCCCCCCCCCCC(CCCCCCCCCC)CN1C(=O)c2ccc3c4c(-c5cc(CCCCCC)c(Br)s5)cc5c6c(ccc(c7c(-c8cc(CCCCCC)c(Br)s8)cc(c2c37)C1=O)c64)C(=O)N(CC(CCCCCCCCCC)CCCCCCCCCCCC)C5=O. The van der Waals surface area contributed by atoms with Gasteiger partial charge in [0.25, 0.3) is 23.6 Å². The monoisotopic (exact) mass is 1550 g/mol. The first-order chi connectivity index (χ1) is 50.0. The minimum atomic E-state index is -0.189. The van der Waals surface area contributed by atoms with Crippen molar-refractivity contribution in [1.29, 1.82) is 0 Å². The van der Waals surface area contributed by atoms with Crippen LogP contribution in [0.4, 0.5) is 0 Å². The third-order valence-corrected chi connectivity index (χ3v) is 27.4. The fourth-order valence-corrected chi connectivity index (χ4v) is 20.9. The van der Waals surface area contributed by atoms with Crippen molar-refractivity contribution in [3.05, 3.63) is 89.5 Å². The van der Waals surface area contributed by atoms with Crippen molar-refractivity contribution in [2.75, 3.05) is 13.1 Å². The molecular formula is C92H132Br2N2O4S2. The van der Waals surface area contributed by atoms with Crippen molar-refractivity contribution in [1.82, 2.24) is 9.80 Å². The van der Waals surface area contributed by atoms with E-state index < -0.39 is 0 Å². The molecule has 560 valence electrons. The first-order valence-corrected chi connectivity index (χ1v) is 45.8. The topological polar surface area (TPSA) is 74.8 Å². The zero-order valence-electron chi connectivity index (χ0n) is 64.6. The predicted octanol–water partition coefficient (Wildman–Crippen LogP) is 31.1. The molecule has 9 rings (SSSR count). The van der Waals surface area contributed by atoms with E-state index in [9.17, 15) is 0 Å². The number of thiophene rings is 2. The fraction of sp³-hybridized carbons (Fsp3) is 0.652. The first kappa shape index (κ1) is 82.1. The Hall–Kier alpha value is -3.96. The molecule has 2 unspecified atom stereocenters. The van der Waals surface area contributed by atoms with E-state index >= 15 is 19.2 Å². The molecule has 0 aliphatic carbocycles. The second-order valence-electron chi connectivity index (χ2n) is 31.6. The second kappa shape index (κ2) is 44.4. The minimum Gasteiger partial charge on any atom is -0.274 e. The summed E-state index contributed by atoms with van der Waals surface area (Å²) in [6.45, 7) is 14.5. The smallest absolute Gasteiger partial charge is 0.261 e. The number of fused-ring (bicyclic) bond motifs is 2. The van der Waals surface area contributed by atoms with Crippen LogP contribution in [0.25, 0.3) is 64.0 Å². The van der Waals surface area contributed by atoms with Crippen molar-refractivity contribution in [2.24, 2.45) is 11.8 Å². The van der Waals surface area contributed by atoms with E-state index in [0.717, 1.165) is 149 Å². The second-order valence-corrected chi connectivity index (χ2v) is 36.3. The van der Waals surface area contributed by atoms with E-state index in [1.54, 1.807) is 32.5 Å². The van der Waals surface area contributed by atoms with Gasteiger partial charge in [-0.05, 0) is 175 Å². The van der Waals surface area contributed by atoms with Gasteiger partial charge in [0.05, 0.1) is 7.57 Å². The van der Waals surface area contributed by atoms with Crippen LogP contribution in [0, 0.1) is 11.8 Å². The normalized spacial score (nSPS) is 13.9. The number of rotatable bonds is 56. The molecular weight excluding hydrogens is 1420 g/mol. The highest BCUT2D eigenvalue weighted by atomic mass is 79.9. The third-order valence-electron chi connectivity index (χ3n) is 23.4. The molecule has 2 aromatic heterocycles. The van der Waals surface area contributed by atoms with Crippen molar-refractivity contribution >= 4 is 121 Å². The van der Waals surface area contributed by atoms with Gasteiger partial charge in [-0.1, -0.05) is 323 Å². The van der Waals surface area contributed by atoms with Crippen LogP contribution in [0.1, 0.15) is 402 Å². The van der Waals surface area contributed by atoms with Crippen molar-refractivity contribution in [2.45, 2.75) is 363 Å². The van der Waals surface area contributed by atoms with Crippen LogP contribution in [-0.4, -0.2) is 46.5 Å². The summed E-state index contributed by atoms with van der Waals surface area (Å²) in [7, 11) is 0. The molecule has 2 aliphatic rings. The molecule has 0 saturated carbocycles. The van der Waals surface area contributed by atoms with Gasteiger partial charge in [-0.3, -0.25) is 29.0 Å². The lowest BCUT2D eigenvalue weighted by Gasteiger charge is -2.33. The Labute approximate surface area is 643 Å². The van der Waals surface area contributed by atoms with E-state index in [-0.39, 0.29) is 35.5 Å². The number of nitrogens with zero attached hydrogens (tertiary/aromatic N) is 2. The summed E-state index contributed by atoms with van der Waals surface area (Å²) in [5.41, 5.74) is 6.87. The van der Waals surface area contributed by atoms with Crippen molar-refractivity contribution < 1.29 is 19.2 Å². The lowest BCUT2D eigenvalue weighted by molar-refractivity contribution is 0.0563. The number of carbonyl (C=O) groups excluding carboxylic acids is 4. The highest BCUT2D eigenvalue weighted by Crippen LogP contribution is 2.54. The van der Waals surface area contributed by atoms with Gasteiger partial charge < -0.3 is 0 Å². The number of aryl methyl sites for hydroxylation is 2. The van der Waals surface area contributed by atoms with E-state index in [4.69, 9.17) is 0 Å². The molecule has 6 nitrogen and oxygen atoms in total. The van der Waals surface area contributed by atoms with Crippen LogP contribution in [0.5, 0.6) is 0 Å². The minimum absolute atomic E-state index is 0.187. The highest BCUT2D eigenvalue weighted by Gasteiger charge is 2.40. The van der Waals surface area contributed by atoms with Crippen molar-refractivity contribution in [3.8, 4) is 20.9 Å². The summed E-state index contributed by atoms with van der Waals surface area (Å²) in [5, 5.41) is 7.19. The number of carbonyl (C=O) groups is 4. The highest BCUT2D eigenvalue weighted by molar-refractivity contribution is 9.11. The summed E-state index contributed by atoms with van der Waals surface area (Å²) >= 11 is 11.7. The molecule has 0 N–H and O–H groups in total. The zero-order chi connectivity index (χ0) is 72.0. The lowest BCUT2D eigenvalue weighted by atomic mass is 9.78. The van der Waals surface area contributed by atoms with E-state index in [1.165, 1.54) is 255 Å². The number of imide groups is 2. The lowest BCUT2D eigenvalue weighted by Crippen LogP contribution is -2.43. The van der Waals surface area contributed by atoms with Crippen LogP contribution >= 0.6 is 54.5 Å². The zero-order valence-corrected chi connectivity index (χ0v) is 69.4. The van der Waals surface area contributed by atoms with E-state index in [0.29, 0.717) is 35.3 Å². The van der Waals surface area contributed by atoms with Crippen molar-refractivity contribution in [3.63, 3.8) is 0 Å². The number of hydrogen-bond donors (Lipinski definition) is 0. The summed E-state index contributed by atoms with van der Waals surface area (Å²) in [4.78, 5) is 69.2. The fourth-order valence-electron chi connectivity index (χ4n) is 17.3. The van der Waals surface area contributed by atoms with Gasteiger partial charge in [0.2, 0.25) is 0 Å². The predicted molar refractivity (Wildman–Crippen MR) is 450 cm³/mol. The molecule has 0 saturated heterocycles. The molecule has 102 heavy (non-hydrogen) atoms. The molecule has 2 aliphatic heterocycles. The van der Waals surface area contributed by atoms with Gasteiger partial charge in [-0.25, -0.2) is 0 Å². The Morgan fingerprint density at radius 2 is 0.539 bits per heavy atom. The Bertz CT molecular complexity index is 3490. The number of unbranched alkanes of at least 4 members (excludes halogenated alkanes) is 38. The molecule has 0 fully saturated rings. The molecule has 4 amide bonds. The first-order valence-electron chi connectivity index (χ1n) is 42.6. The number of halogens is 2. The maximum Gasteiger partial charge on any atom is 0.261 e. The van der Waals surface area contributed by atoms with Gasteiger partial charge >= 0.3 is 0 Å². The maximum atomic E-state index is 16.1. The average molecular weight is 1550 g/mol. The standard InChI is InChI=1S/C92H132Br2N2O4S2/c1-7-13-19-25-29-33-35-39-43-47-53-67(51-45-41-37-31-27-21-15-9-3)65-95-89(97)73-59-57-71-82-76(80-62-70(88(94)102-80)56-50-24-18-12-6)64-78-84-74(90(98)96(92(78)100)66-68(52-46-42-38-32-28-22-16-10-4)54-48-44-40-36-34-30-26-20-14-8-2)60-58-72(86(82)84)81-75(63-77(91(95)99)83(73)85(71)81)79-61-69(87(93)101-79)55-49-23-17-11-5/h57-64,67-68H,7-56,65-66H2,1-6H3. The van der Waals surface area contributed by atoms with Crippen LogP contribution in [0.15, 0.2) is 56.1 Å². The van der Waals surface area contributed by atoms with Crippen LogP contribution in [0.3, 0.4) is 0 Å². The summed E-state index contributed by atoms with van der Waals surface area (Å²) in [6.07, 6.45) is 61.0. The van der Waals surface area contributed by atoms with Gasteiger partial charge in [-0.2, -0.15) is 0 Å². The third kappa shape index (κ3) is 22.1. The van der Waals surface area contributed by atoms with Gasteiger partial charge in [0.15, 0.2) is 0 Å². The number of benzene rings is 5. The van der Waals surface area contributed by atoms with E-state index in [1.807, 2.05) is 12.1 Å². The van der Waals surface area contributed by atoms with Crippen LogP contribution in [-0.2, 0) is 12.8 Å². The number of amides is 4. The van der Waals surface area contributed by atoms with E-state index in [2.05, 4.69) is 110 Å². The number of hydrogen-bond acceptors (Lipinski definition) is 6. The molecule has 0 bridgehead atoms. The Morgan fingerprint density at radius 1 is 0.284 bits per heavy atom. The molecule has 0 spiro atoms. The summed E-state index contributed by atoms with van der Waals surface area (Å²) in [6, 6.07) is 17.5. The Morgan fingerprint density at radius 3 is 0.824 bits per heavy atom. The molecule has 2 atom stereocenters. The largest absolute Gasteiger partial charge is 0.274 e. The van der Waals surface area contributed by atoms with Crippen LogP contribution in [0.2, 0.25) is 0 Å². The van der Waals surface area contributed by atoms with Gasteiger partial charge in [0, 0.05) is 67.0 Å². The summed E-state index contributed by atoms with van der Waals surface area (Å²) < 4.78 is 2.22. The molecule has 10 heteroatoms. The molecule has 7 aromatic rings. The summed E-state index contributed by atoms with van der Waals surface area (Å²) in [5.74, 6) is -0.294. The van der Waals surface area contributed by atoms with Gasteiger partial charge in [-0.15, -0.1) is 22.7 Å².